The number of amides is 1. The molecule has 0 saturated carbocycles. The van der Waals surface area contributed by atoms with Crippen molar-refractivity contribution in [3.63, 3.8) is 0 Å². The average molecular weight is 385 g/mol. The molecule has 0 aliphatic carbocycles. The third-order valence-electron chi connectivity index (χ3n) is 5.17. The lowest BCUT2D eigenvalue weighted by Crippen LogP contribution is -2.31. The number of rotatable bonds is 4. The highest BCUT2D eigenvalue weighted by Crippen LogP contribution is 2.38. The van der Waals surface area contributed by atoms with E-state index in [0.29, 0.717) is 22.8 Å². The Kier molecular flexibility index (Phi) is 5.18. The fraction of sp³-hybridized carbons (Fsp3) is 0.167. The normalized spacial score (nSPS) is 16.7. The Hall–Kier alpha value is -3.03. The second-order valence-corrected chi connectivity index (χ2v) is 7.93. The number of benzene rings is 3. The Morgan fingerprint density at radius 3 is 2.64 bits per heavy atom. The predicted octanol–water partition coefficient (Wildman–Crippen LogP) is 5.42. The van der Waals surface area contributed by atoms with Gasteiger partial charge in [0.15, 0.2) is 0 Å². The van der Waals surface area contributed by atoms with Crippen molar-refractivity contribution in [2.24, 2.45) is 0 Å². The second-order valence-electron chi connectivity index (χ2n) is 6.94. The van der Waals surface area contributed by atoms with E-state index in [1.54, 1.807) is 0 Å². The summed E-state index contributed by atoms with van der Waals surface area (Å²) in [5.74, 6) is 0.477. The molecule has 4 heteroatoms. The van der Waals surface area contributed by atoms with Crippen LogP contribution in [0.2, 0.25) is 0 Å². The van der Waals surface area contributed by atoms with E-state index >= 15 is 0 Å². The number of allylic oxidation sites excluding steroid dienone is 1. The van der Waals surface area contributed by atoms with Crippen LogP contribution in [0.1, 0.15) is 29.0 Å². The summed E-state index contributed by atoms with van der Waals surface area (Å²) in [4.78, 5) is 12.4. The first kappa shape index (κ1) is 18.3. The molecule has 28 heavy (non-hydrogen) atoms. The van der Waals surface area contributed by atoms with Crippen molar-refractivity contribution in [3.8, 4) is 6.07 Å². The lowest BCUT2D eigenvalue weighted by atomic mass is 9.85. The van der Waals surface area contributed by atoms with E-state index in [1.807, 2.05) is 49.4 Å². The molecule has 0 radical (unpaired) electrons. The van der Waals surface area contributed by atoms with E-state index in [1.165, 1.54) is 28.1 Å². The van der Waals surface area contributed by atoms with Crippen LogP contribution >= 0.6 is 11.8 Å². The molecule has 0 fully saturated rings. The third kappa shape index (κ3) is 3.54. The van der Waals surface area contributed by atoms with Gasteiger partial charge < -0.3 is 5.32 Å². The number of nitrogens with one attached hydrogen (secondary N) is 1. The van der Waals surface area contributed by atoms with Gasteiger partial charge >= 0.3 is 0 Å². The van der Waals surface area contributed by atoms with Gasteiger partial charge in [-0.2, -0.15) is 5.26 Å². The van der Waals surface area contributed by atoms with Crippen LogP contribution in [0.3, 0.4) is 0 Å². The largest absolute Gasteiger partial charge is 0.320 e. The summed E-state index contributed by atoms with van der Waals surface area (Å²) in [5, 5.41) is 15.9. The molecule has 3 nitrogen and oxygen atoms in total. The number of nitriles is 1. The van der Waals surface area contributed by atoms with Crippen molar-refractivity contribution in [1.82, 2.24) is 5.32 Å². The van der Waals surface area contributed by atoms with Gasteiger partial charge in [0, 0.05) is 18.1 Å². The fourth-order valence-electron chi connectivity index (χ4n) is 3.74. The number of nitrogens with zero attached hydrogens (tertiary/aromatic N) is 1. The Labute approximate surface area is 169 Å². The minimum atomic E-state index is -0.185. The zero-order chi connectivity index (χ0) is 19.5. The van der Waals surface area contributed by atoms with E-state index in [2.05, 4.69) is 35.7 Å². The molecule has 3 aromatic carbocycles. The molecule has 0 unspecified atom stereocenters. The molecule has 1 heterocycles. The van der Waals surface area contributed by atoms with E-state index in [4.69, 9.17) is 0 Å². The molecule has 1 amide bonds. The van der Waals surface area contributed by atoms with Crippen molar-refractivity contribution in [2.45, 2.75) is 25.0 Å². The molecule has 138 valence electrons. The number of carbonyl (C=O) groups excluding carboxylic acids is 1. The van der Waals surface area contributed by atoms with Crippen molar-refractivity contribution in [2.75, 3.05) is 0 Å². The highest BCUT2D eigenvalue weighted by molar-refractivity contribution is 8.02. The molecule has 0 bridgehead atoms. The molecule has 3 aromatic rings. The standard InChI is InChI=1S/C24H20N2OS/c1-16-7-2-4-11-19(16)21-13-23(27)26-24(22(21)14-25)28-15-18-10-6-9-17-8-3-5-12-20(17)18/h2-12,21H,13,15H2,1H3,(H,26,27)/t21-/m0/s1. The molecule has 1 aliphatic heterocycles. The summed E-state index contributed by atoms with van der Waals surface area (Å²) in [6, 6.07) is 24.9. The number of aryl methyl sites for hydroxylation is 1. The van der Waals surface area contributed by atoms with Gasteiger partial charge in [-0.3, -0.25) is 4.79 Å². The zero-order valence-corrected chi connectivity index (χ0v) is 16.4. The lowest BCUT2D eigenvalue weighted by Gasteiger charge is -2.26. The fourth-order valence-corrected chi connectivity index (χ4v) is 4.83. The van der Waals surface area contributed by atoms with E-state index < -0.39 is 0 Å². The van der Waals surface area contributed by atoms with Crippen molar-refractivity contribution < 1.29 is 4.79 Å². The van der Waals surface area contributed by atoms with Gasteiger partial charge in [0.2, 0.25) is 5.91 Å². The van der Waals surface area contributed by atoms with Crippen LogP contribution in [-0.2, 0) is 10.5 Å². The number of thioether (sulfide) groups is 1. The molecule has 0 aromatic heterocycles. The van der Waals surface area contributed by atoms with Crippen molar-refractivity contribution in [1.29, 1.82) is 5.26 Å². The molecule has 4 rings (SSSR count). The zero-order valence-electron chi connectivity index (χ0n) is 15.6. The van der Waals surface area contributed by atoms with Crippen LogP contribution in [0.4, 0.5) is 0 Å². The summed E-state index contributed by atoms with van der Waals surface area (Å²) >= 11 is 1.53. The Morgan fingerprint density at radius 1 is 1.07 bits per heavy atom. The highest BCUT2D eigenvalue weighted by atomic mass is 32.2. The first-order valence-corrected chi connectivity index (χ1v) is 10.2. The summed E-state index contributed by atoms with van der Waals surface area (Å²) in [6.07, 6.45) is 0.312. The third-order valence-corrected chi connectivity index (χ3v) is 6.24. The predicted molar refractivity (Wildman–Crippen MR) is 115 cm³/mol. The number of hydrogen-bond acceptors (Lipinski definition) is 3. The SMILES string of the molecule is Cc1ccccc1[C@@H]1CC(=O)NC(SCc2cccc3ccccc23)=C1C#N. The number of fused-ring (bicyclic) bond motifs is 1. The van der Waals surface area contributed by atoms with Gasteiger partial charge in [-0.15, -0.1) is 11.8 Å². The summed E-state index contributed by atoms with van der Waals surface area (Å²) in [5.41, 5.74) is 4.00. The maximum absolute atomic E-state index is 12.4. The van der Waals surface area contributed by atoms with Crippen molar-refractivity contribution in [3.05, 3.63) is 94.0 Å². The van der Waals surface area contributed by atoms with Crippen LogP contribution in [0, 0.1) is 18.3 Å². The molecule has 0 spiro atoms. The van der Waals surface area contributed by atoms with Gasteiger partial charge in [-0.05, 0) is 34.4 Å². The summed E-state index contributed by atoms with van der Waals surface area (Å²) < 4.78 is 0. The topological polar surface area (TPSA) is 52.9 Å². The van der Waals surface area contributed by atoms with Gasteiger partial charge in [-0.25, -0.2) is 0 Å². The Balaban J connectivity index is 1.68. The van der Waals surface area contributed by atoms with Crippen LogP contribution < -0.4 is 5.32 Å². The Morgan fingerprint density at radius 2 is 1.82 bits per heavy atom. The molecule has 1 N–H and O–H groups in total. The second kappa shape index (κ2) is 7.92. The molecular weight excluding hydrogens is 364 g/mol. The van der Waals surface area contributed by atoms with Gasteiger partial charge in [0.1, 0.15) is 0 Å². The van der Waals surface area contributed by atoms with Gasteiger partial charge in [0.05, 0.1) is 16.7 Å². The minimum Gasteiger partial charge on any atom is -0.320 e. The molecule has 1 atom stereocenters. The monoisotopic (exact) mass is 384 g/mol. The van der Waals surface area contributed by atoms with Crippen LogP contribution in [-0.4, -0.2) is 5.91 Å². The number of carbonyl (C=O) groups is 1. The van der Waals surface area contributed by atoms with Crippen molar-refractivity contribution >= 4 is 28.4 Å². The van der Waals surface area contributed by atoms with E-state index in [0.717, 1.165) is 11.1 Å². The van der Waals surface area contributed by atoms with Gasteiger partial charge in [0.25, 0.3) is 0 Å². The van der Waals surface area contributed by atoms with Crippen LogP contribution in [0.25, 0.3) is 10.8 Å². The minimum absolute atomic E-state index is 0.0346. The smallest absolute Gasteiger partial charge is 0.225 e. The lowest BCUT2D eigenvalue weighted by molar-refractivity contribution is -0.120. The van der Waals surface area contributed by atoms with E-state index in [9.17, 15) is 10.1 Å². The van der Waals surface area contributed by atoms with E-state index in [-0.39, 0.29) is 11.8 Å². The highest BCUT2D eigenvalue weighted by Gasteiger charge is 2.30. The first-order valence-electron chi connectivity index (χ1n) is 9.26. The Bertz CT molecular complexity index is 1120. The first-order chi connectivity index (χ1) is 13.7. The van der Waals surface area contributed by atoms with Crippen LogP contribution in [0.5, 0.6) is 0 Å². The maximum atomic E-state index is 12.4. The maximum Gasteiger partial charge on any atom is 0.225 e. The summed E-state index contributed by atoms with van der Waals surface area (Å²) in [6.45, 7) is 2.03. The van der Waals surface area contributed by atoms with Gasteiger partial charge in [-0.1, -0.05) is 66.7 Å². The van der Waals surface area contributed by atoms with Crippen LogP contribution in [0.15, 0.2) is 77.3 Å². The molecule has 1 aliphatic rings. The number of hydrogen-bond donors (Lipinski definition) is 1. The summed E-state index contributed by atoms with van der Waals surface area (Å²) in [7, 11) is 0. The quantitative estimate of drug-likeness (QED) is 0.653. The average Bonchev–Trinajstić information content (AvgIpc) is 2.72. The molecular formula is C24H20N2OS. The molecule has 0 saturated heterocycles.